The molecule has 8 heteroatoms. The highest BCUT2D eigenvalue weighted by atomic mass is 19.4. The fourth-order valence-corrected chi connectivity index (χ4v) is 3.97. The summed E-state index contributed by atoms with van der Waals surface area (Å²) >= 11 is 0. The number of hydrogen-bond acceptors (Lipinski definition) is 4. The summed E-state index contributed by atoms with van der Waals surface area (Å²) in [5, 5.41) is 0. The molecule has 0 radical (unpaired) electrons. The van der Waals surface area contributed by atoms with Gasteiger partial charge in [-0.25, -0.2) is 0 Å². The predicted octanol–water partition coefficient (Wildman–Crippen LogP) is 4.46. The molecule has 2 aromatic rings. The number of nitrogens with zero attached hydrogens (tertiary/aromatic N) is 2. The van der Waals surface area contributed by atoms with Crippen LogP contribution in [0.1, 0.15) is 34.3 Å². The second kappa shape index (κ2) is 9.60. The maximum absolute atomic E-state index is 13.0. The van der Waals surface area contributed by atoms with E-state index in [1.807, 2.05) is 18.2 Å². The Morgan fingerprint density at radius 3 is 2.19 bits per heavy atom. The number of halogens is 3. The Morgan fingerprint density at radius 2 is 1.65 bits per heavy atom. The number of benzene rings is 2. The molecule has 0 bridgehead atoms. The van der Waals surface area contributed by atoms with Crippen molar-refractivity contribution in [2.24, 2.45) is 0 Å². The molecule has 1 saturated heterocycles. The van der Waals surface area contributed by atoms with E-state index in [1.54, 1.807) is 26.2 Å². The average molecular weight is 436 g/mol. The van der Waals surface area contributed by atoms with Gasteiger partial charge in [0.15, 0.2) is 0 Å². The first kappa shape index (κ1) is 22.9. The standard InChI is InChI=1S/C23H27F3N2O3/c1-27(22(29)16-6-4-7-17(14-16)23(24,25)26)18-10-12-28(13-11-18)15-19-20(30-2)8-5-9-21(19)31-3/h4-9,14,18H,10-13,15H2,1-3H3. The Kier molecular flexibility index (Phi) is 7.10. The molecule has 0 unspecified atom stereocenters. The van der Waals surface area contributed by atoms with E-state index in [0.717, 1.165) is 55.1 Å². The van der Waals surface area contributed by atoms with Crippen molar-refractivity contribution in [1.29, 1.82) is 0 Å². The van der Waals surface area contributed by atoms with E-state index >= 15 is 0 Å². The normalized spacial score (nSPS) is 15.5. The molecule has 2 aromatic carbocycles. The van der Waals surface area contributed by atoms with Crippen LogP contribution in [0, 0.1) is 0 Å². The molecule has 1 heterocycles. The maximum Gasteiger partial charge on any atom is 0.416 e. The minimum atomic E-state index is -4.47. The molecule has 31 heavy (non-hydrogen) atoms. The van der Waals surface area contributed by atoms with E-state index in [9.17, 15) is 18.0 Å². The summed E-state index contributed by atoms with van der Waals surface area (Å²) < 4.78 is 49.8. The Balaban J connectivity index is 1.63. The minimum Gasteiger partial charge on any atom is -0.496 e. The number of methoxy groups -OCH3 is 2. The molecule has 0 aliphatic carbocycles. The molecule has 3 rings (SSSR count). The van der Waals surface area contributed by atoms with Crippen LogP contribution in [-0.4, -0.2) is 56.1 Å². The van der Waals surface area contributed by atoms with Gasteiger partial charge in [-0.15, -0.1) is 0 Å². The highest BCUT2D eigenvalue weighted by Gasteiger charge is 2.32. The van der Waals surface area contributed by atoms with E-state index in [-0.39, 0.29) is 11.6 Å². The Bertz CT molecular complexity index is 887. The number of rotatable bonds is 6. The number of hydrogen-bond donors (Lipinski definition) is 0. The first-order valence-corrected chi connectivity index (χ1v) is 10.1. The quantitative estimate of drug-likeness (QED) is 0.671. The minimum absolute atomic E-state index is 0.0298. The van der Waals surface area contributed by atoms with Gasteiger partial charge in [0, 0.05) is 38.3 Å². The van der Waals surface area contributed by atoms with Crippen LogP contribution in [0.25, 0.3) is 0 Å². The zero-order valence-electron chi connectivity index (χ0n) is 17.9. The topological polar surface area (TPSA) is 42.0 Å². The summed E-state index contributed by atoms with van der Waals surface area (Å²) in [4.78, 5) is 16.6. The molecule has 0 aromatic heterocycles. The SMILES string of the molecule is COc1cccc(OC)c1CN1CCC(N(C)C(=O)c2cccc(C(F)(F)F)c2)CC1. The number of carbonyl (C=O) groups excluding carboxylic acids is 1. The summed E-state index contributed by atoms with van der Waals surface area (Å²) in [7, 11) is 4.91. The van der Waals surface area contributed by atoms with Gasteiger partial charge < -0.3 is 14.4 Å². The van der Waals surface area contributed by atoms with Crippen molar-refractivity contribution < 1.29 is 27.4 Å². The van der Waals surface area contributed by atoms with Crippen LogP contribution in [-0.2, 0) is 12.7 Å². The third-order valence-corrected chi connectivity index (χ3v) is 5.77. The van der Waals surface area contributed by atoms with Gasteiger partial charge in [-0.05, 0) is 43.2 Å². The van der Waals surface area contributed by atoms with Crippen molar-refractivity contribution in [3.05, 3.63) is 59.2 Å². The molecular formula is C23H27F3N2O3. The summed E-state index contributed by atoms with van der Waals surface area (Å²) in [6.45, 7) is 2.17. The molecule has 0 saturated carbocycles. The first-order valence-electron chi connectivity index (χ1n) is 10.1. The summed E-state index contributed by atoms with van der Waals surface area (Å²) in [5.74, 6) is 1.13. The van der Waals surface area contributed by atoms with Gasteiger partial charge in [-0.2, -0.15) is 13.2 Å². The summed E-state index contributed by atoms with van der Waals surface area (Å²) in [5.41, 5.74) is 0.213. The largest absolute Gasteiger partial charge is 0.496 e. The number of piperidine rings is 1. The van der Waals surface area contributed by atoms with E-state index in [4.69, 9.17) is 9.47 Å². The molecule has 0 N–H and O–H groups in total. The van der Waals surface area contributed by atoms with Crippen LogP contribution < -0.4 is 9.47 Å². The Morgan fingerprint density at radius 1 is 1.06 bits per heavy atom. The lowest BCUT2D eigenvalue weighted by atomic mass is 10.0. The molecule has 1 aliphatic rings. The fraction of sp³-hybridized carbons (Fsp3) is 0.435. The third kappa shape index (κ3) is 5.31. The molecule has 1 amide bonds. The number of carbonyl (C=O) groups is 1. The summed E-state index contributed by atoms with van der Waals surface area (Å²) in [6.07, 6.45) is -3.00. The predicted molar refractivity (Wildman–Crippen MR) is 111 cm³/mol. The second-order valence-electron chi connectivity index (χ2n) is 7.64. The highest BCUT2D eigenvalue weighted by molar-refractivity contribution is 5.94. The number of alkyl halides is 3. The lowest BCUT2D eigenvalue weighted by Gasteiger charge is -2.37. The zero-order chi connectivity index (χ0) is 22.6. The van der Waals surface area contributed by atoms with Crippen molar-refractivity contribution in [2.45, 2.75) is 31.6 Å². The number of ether oxygens (including phenoxy) is 2. The monoisotopic (exact) mass is 436 g/mol. The van der Waals surface area contributed by atoms with Crippen molar-refractivity contribution in [1.82, 2.24) is 9.80 Å². The van der Waals surface area contributed by atoms with Gasteiger partial charge in [0.05, 0.1) is 25.3 Å². The van der Waals surface area contributed by atoms with Gasteiger partial charge in [-0.1, -0.05) is 12.1 Å². The van der Waals surface area contributed by atoms with Crippen LogP contribution >= 0.6 is 0 Å². The lowest BCUT2D eigenvalue weighted by Crippen LogP contribution is -2.45. The van der Waals surface area contributed by atoms with E-state index in [0.29, 0.717) is 6.54 Å². The van der Waals surface area contributed by atoms with E-state index < -0.39 is 17.6 Å². The van der Waals surface area contributed by atoms with Gasteiger partial charge in [0.25, 0.3) is 5.91 Å². The van der Waals surface area contributed by atoms with Crippen LogP contribution in [0.15, 0.2) is 42.5 Å². The maximum atomic E-state index is 13.0. The zero-order valence-corrected chi connectivity index (χ0v) is 17.9. The van der Waals surface area contributed by atoms with E-state index in [1.165, 1.54) is 12.1 Å². The van der Waals surface area contributed by atoms with E-state index in [2.05, 4.69) is 4.90 Å². The third-order valence-electron chi connectivity index (χ3n) is 5.77. The fourth-order valence-electron chi connectivity index (χ4n) is 3.97. The van der Waals surface area contributed by atoms with Crippen LogP contribution in [0.4, 0.5) is 13.2 Å². The summed E-state index contributed by atoms with van der Waals surface area (Å²) in [6, 6.07) is 10.2. The van der Waals surface area contributed by atoms with Crippen molar-refractivity contribution in [3.8, 4) is 11.5 Å². The molecule has 5 nitrogen and oxygen atoms in total. The lowest BCUT2D eigenvalue weighted by molar-refractivity contribution is -0.137. The van der Waals surface area contributed by atoms with Crippen LogP contribution in [0.2, 0.25) is 0 Å². The number of likely N-dealkylation sites (tertiary alicyclic amines) is 1. The molecule has 1 fully saturated rings. The average Bonchev–Trinajstić information content (AvgIpc) is 2.78. The first-order chi connectivity index (χ1) is 14.7. The molecule has 0 spiro atoms. The number of amides is 1. The second-order valence-corrected chi connectivity index (χ2v) is 7.64. The van der Waals surface area contributed by atoms with Crippen LogP contribution in [0.5, 0.6) is 11.5 Å². The Hall–Kier alpha value is -2.74. The molecule has 168 valence electrons. The van der Waals surface area contributed by atoms with Gasteiger partial charge in [-0.3, -0.25) is 9.69 Å². The van der Waals surface area contributed by atoms with Crippen molar-refractivity contribution in [2.75, 3.05) is 34.4 Å². The van der Waals surface area contributed by atoms with Gasteiger partial charge in [0.1, 0.15) is 11.5 Å². The Labute approximate surface area is 180 Å². The van der Waals surface area contributed by atoms with Gasteiger partial charge >= 0.3 is 6.18 Å². The highest BCUT2D eigenvalue weighted by Crippen LogP contribution is 2.32. The molecule has 0 atom stereocenters. The van der Waals surface area contributed by atoms with Crippen molar-refractivity contribution >= 4 is 5.91 Å². The van der Waals surface area contributed by atoms with Gasteiger partial charge in [0.2, 0.25) is 0 Å². The van der Waals surface area contributed by atoms with Crippen LogP contribution in [0.3, 0.4) is 0 Å². The molecular weight excluding hydrogens is 409 g/mol. The smallest absolute Gasteiger partial charge is 0.416 e. The molecule has 1 aliphatic heterocycles. The van der Waals surface area contributed by atoms with Crippen molar-refractivity contribution in [3.63, 3.8) is 0 Å².